The molecule has 0 spiro atoms. The zero-order chi connectivity index (χ0) is 17.7. The molecule has 2 rings (SSSR count). The van der Waals surface area contributed by atoms with Gasteiger partial charge in [0.2, 0.25) is 21.8 Å². The smallest absolute Gasteiger partial charge is 0.238 e. The molecule has 132 valence electrons. The van der Waals surface area contributed by atoms with Crippen LogP contribution in [-0.4, -0.2) is 49.5 Å². The number of carbonyl (C=O) groups excluding carboxylic acids is 2. The second-order valence-corrected chi connectivity index (χ2v) is 7.67. The first kappa shape index (κ1) is 18.3. The van der Waals surface area contributed by atoms with Crippen LogP contribution in [0.2, 0.25) is 0 Å². The highest BCUT2D eigenvalue weighted by atomic mass is 32.2. The van der Waals surface area contributed by atoms with Crippen molar-refractivity contribution in [2.75, 3.05) is 19.3 Å². The molecule has 0 aromatic carbocycles. The van der Waals surface area contributed by atoms with Crippen LogP contribution in [0.25, 0.3) is 0 Å². The Morgan fingerprint density at radius 1 is 1.38 bits per heavy atom. The summed E-state index contributed by atoms with van der Waals surface area (Å²) in [5.74, 6) is -0.364. The zero-order valence-corrected chi connectivity index (χ0v) is 14.6. The van der Waals surface area contributed by atoms with Crippen LogP contribution in [0.4, 0.5) is 0 Å². The maximum atomic E-state index is 12.2. The Morgan fingerprint density at radius 2 is 2.12 bits per heavy atom. The van der Waals surface area contributed by atoms with Crippen molar-refractivity contribution >= 4 is 21.8 Å². The molecule has 1 aliphatic rings. The Bertz CT molecular complexity index is 703. The first-order valence-electron chi connectivity index (χ1n) is 7.69. The van der Waals surface area contributed by atoms with Crippen molar-refractivity contribution in [3.05, 3.63) is 29.6 Å². The monoisotopic (exact) mass is 354 g/mol. The molecule has 0 bridgehead atoms. The van der Waals surface area contributed by atoms with Crippen molar-refractivity contribution in [2.45, 2.75) is 32.4 Å². The van der Waals surface area contributed by atoms with E-state index in [9.17, 15) is 18.0 Å². The molecule has 2 heterocycles. The molecule has 24 heavy (non-hydrogen) atoms. The maximum absolute atomic E-state index is 12.2. The lowest BCUT2D eigenvalue weighted by Gasteiger charge is -2.24. The second-order valence-electron chi connectivity index (χ2n) is 5.84. The van der Waals surface area contributed by atoms with Crippen LogP contribution in [0.3, 0.4) is 0 Å². The number of carbonyl (C=O) groups is 2. The standard InChI is InChI=1S/C15H22N4O4S/c1-11(20)16-8-12-5-6-13(17-9-12)14-4-3-7-19(14)15(21)10-18-24(2,22)23/h5-6,9,14,18H,3-4,7-8,10H2,1-2H3,(H,16,20)/t14-/m1/s1. The third kappa shape index (κ3) is 5.27. The van der Waals surface area contributed by atoms with E-state index in [-0.39, 0.29) is 24.4 Å². The van der Waals surface area contributed by atoms with Gasteiger partial charge >= 0.3 is 0 Å². The third-order valence-electron chi connectivity index (χ3n) is 3.79. The van der Waals surface area contributed by atoms with Crippen LogP contribution in [0.15, 0.2) is 18.3 Å². The summed E-state index contributed by atoms with van der Waals surface area (Å²) >= 11 is 0. The Balaban J connectivity index is 2.01. The first-order valence-corrected chi connectivity index (χ1v) is 9.59. The molecular weight excluding hydrogens is 332 g/mol. The fraction of sp³-hybridized carbons (Fsp3) is 0.533. The molecule has 2 N–H and O–H groups in total. The summed E-state index contributed by atoms with van der Waals surface area (Å²) in [5, 5.41) is 2.70. The zero-order valence-electron chi connectivity index (χ0n) is 13.8. The van der Waals surface area contributed by atoms with Crippen molar-refractivity contribution in [1.82, 2.24) is 19.9 Å². The van der Waals surface area contributed by atoms with E-state index in [0.717, 1.165) is 30.4 Å². The Hall–Kier alpha value is -2.00. The Morgan fingerprint density at radius 3 is 2.71 bits per heavy atom. The summed E-state index contributed by atoms with van der Waals surface area (Å²) in [6.07, 6.45) is 4.35. The van der Waals surface area contributed by atoms with E-state index in [1.807, 2.05) is 12.1 Å². The number of nitrogens with one attached hydrogen (secondary N) is 2. The average Bonchev–Trinajstić information content (AvgIpc) is 3.00. The first-order chi connectivity index (χ1) is 11.3. The predicted octanol–water partition coefficient (Wildman–Crippen LogP) is -0.0696. The number of sulfonamides is 1. The molecular formula is C15H22N4O4S. The molecule has 0 unspecified atom stereocenters. The molecule has 8 nitrogen and oxygen atoms in total. The molecule has 1 aromatic rings. The van der Waals surface area contributed by atoms with Gasteiger partial charge in [-0.15, -0.1) is 0 Å². The normalized spacial score (nSPS) is 17.8. The lowest BCUT2D eigenvalue weighted by molar-refractivity contribution is -0.131. The van der Waals surface area contributed by atoms with Gasteiger partial charge in [-0.3, -0.25) is 14.6 Å². The minimum absolute atomic E-state index is 0.106. The van der Waals surface area contributed by atoms with E-state index in [1.54, 1.807) is 11.1 Å². The number of hydrogen-bond acceptors (Lipinski definition) is 5. The van der Waals surface area contributed by atoms with Gasteiger partial charge in [0.25, 0.3) is 0 Å². The second kappa shape index (κ2) is 7.71. The molecule has 1 aliphatic heterocycles. The third-order valence-corrected chi connectivity index (χ3v) is 4.46. The maximum Gasteiger partial charge on any atom is 0.238 e. The van der Waals surface area contributed by atoms with Gasteiger partial charge in [-0.2, -0.15) is 0 Å². The number of aromatic nitrogens is 1. The molecule has 0 saturated carbocycles. The number of amides is 2. The molecule has 0 aliphatic carbocycles. The number of likely N-dealkylation sites (tertiary alicyclic amines) is 1. The van der Waals surface area contributed by atoms with Crippen molar-refractivity contribution in [2.24, 2.45) is 0 Å². The Labute approximate surface area is 141 Å². The summed E-state index contributed by atoms with van der Waals surface area (Å²) in [4.78, 5) is 29.2. The summed E-state index contributed by atoms with van der Waals surface area (Å²) in [7, 11) is -3.40. The summed E-state index contributed by atoms with van der Waals surface area (Å²) < 4.78 is 24.5. The Kier molecular flexibility index (Phi) is 5.89. The molecule has 1 saturated heterocycles. The summed E-state index contributed by atoms with van der Waals surface area (Å²) in [5.41, 5.74) is 1.65. The number of rotatable bonds is 6. The number of nitrogens with zero attached hydrogens (tertiary/aromatic N) is 2. The lowest BCUT2D eigenvalue weighted by atomic mass is 10.1. The van der Waals surface area contributed by atoms with Crippen LogP contribution in [0.1, 0.15) is 37.1 Å². The average molecular weight is 354 g/mol. The van der Waals surface area contributed by atoms with Gasteiger partial charge < -0.3 is 10.2 Å². The fourth-order valence-electron chi connectivity index (χ4n) is 2.63. The highest BCUT2D eigenvalue weighted by Gasteiger charge is 2.30. The van der Waals surface area contributed by atoms with Crippen molar-refractivity contribution in [3.8, 4) is 0 Å². The minimum atomic E-state index is -3.40. The van der Waals surface area contributed by atoms with Crippen LogP contribution < -0.4 is 10.0 Å². The van der Waals surface area contributed by atoms with Gasteiger partial charge in [0, 0.05) is 26.2 Å². The molecule has 9 heteroatoms. The van der Waals surface area contributed by atoms with Crippen molar-refractivity contribution < 1.29 is 18.0 Å². The predicted molar refractivity (Wildman–Crippen MR) is 88.3 cm³/mol. The lowest BCUT2D eigenvalue weighted by Crippen LogP contribution is -2.39. The van der Waals surface area contributed by atoms with Crippen LogP contribution in [-0.2, 0) is 26.2 Å². The van der Waals surface area contributed by atoms with Gasteiger partial charge in [-0.25, -0.2) is 13.1 Å². The highest BCUT2D eigenvalue weighted by molar-refractivity contribution is 7.88. The van der Waals surface area contributed by atoms with Crippen molar-refractivity contribution in [3.63, 3.8) is 0 Å². The number of pyridine rings is 1. The minimum Gasteiger partial charge on any atom is -0.352 e. The van der Waals surface area contributed by atoms with Crippen LogP contribution in [0.5, 0.6) is 0 Å². The number of hydrogen-bond donors (Lipinski definition) is 2. The van der Waals surface area contributed by atoms with Gasteiger partial charge in [0.1, 0.15) is 0 Å². The van der Waals surface area contributed by atoms with Gasteiger partial charge in [-0.05, 0) is 24.5 Å². The van der Waals surface area contributed by atoms with Gasteiger partial charge in [0.15, 0.2) is 0 Å². The molecule has 0 radical (unpaired) electrons. The van der Waals surface area contributed by atoms with Crippen LogP contribution >= 0.6 is 0 Å². The topological polar surface area (TPSA) is 108 Å². The molecule has 2 amide bonds. The van der Waals surface area contributed by atoms with E-state index in [0.29, 0.717) is 13.1 Å². The molecule has 1 atom stereocenters. The summed E-state index contributed by atoms with van der Waals surface area (Å²) in [6.45, 7) is 2.21. The van der Waals surface area contributed by atoms with E-state index in [4.69, 9.17) is 0 Å². The van der Waals surface area contributed by atoms with E-state index in [2.05, 4.69) is 15.0 Å². The largest absolute Gasteiger partial charge is 0.352 e. The quantitative estimate of drug-likeness (QED) is 0.743. The SMILES string of the molecule is CC(=O)NCc1ccc([C@H]2CCCN2C(=O)CNS(C)(=O)=O)nc1. The van der Waals surface area contributed by atoms with Crippen molar-refractivity contribution in [1.29, 1.82) is 0 Å². The van der Waals surface area contributed by atoms with E-state index < -0.39 is 10.0 Å². The fourth-order valence-corrected chi connectivity index (χ4v) is 3.02. The molecule has 1 fully saturated rings. The van der Waals surface area contributed by atoms with E-state index in [1.165, 1.54) is 6.92 Å². The highest BCUT2D eigenvalue weighted by Crippen LogP contribution is 2.30. The van der Waals surface area contributed by atoms with Gasteiger partial charge in [-0.1, -0.05) is 6.07 Å². The van der Waals surface area contributed by atoms with Gasteiger partial charge in [0.05, 0.1) is 24.5 Å². The van der Waals surface area contributed by atoms with E-state index >= 15 is 0 Å². The van der Waals surface area contributed by atoms with Crippen LogP contribution in [0, 0.1) is 0 Å². The molecule has 1 aromatic heterocycles. The summed E-state index contributed by atoms with van der Waals surface area (Å²) in [6, 6.07) is 3.57.